The maximum atomic E-state index is 11.7. The lowest BCUT2D eigenvalue weighted by molar-refractivity contribution is -0.142. The number of rotatable bonds is 5. The van der Waals surface area contributed by atoms with Crippen LogP contribution >= 0.6 is 11.3 Å². The molecule has 1 aliphatic carbocycles. The van der Waals surface area contributed by atoms with Crippen LogP contribution in [0.2, 0.25) is 0 Å². The average Bonchev–Trinajstić information content (AvgIpc) is 3.19. The zero-order valence-electron chi connectivity index (χ0n) is 10.8. The highest BCUT2D eigenvalue weighted by atomic mass is 32.1. The van der Waals surface area contributed by atoms with E-state index >= 15 is 0 Å². The molecule has 2 aliphatic rings. The van der Waals surface area contributed by atoms with Crippen LogP contribution in [0.25, 0.3) is 0 Å². The summed E-state index contributed by atoms with van der Waals surface area (Å²) in [6.07, 6.45) is 4.53. The molecule has 19 heavy (non-hydrogen) atoms. The fourth-order valence-corrected chi connectivity index (χ4v) is 3.06. The molecule has 0 radical (unpaired) electrons. The van der Waals surface area contributed by atoms with Crippen LogP contribution in [0.5, 0.6) is 0 Å². The molecule has 2 fully saturated rings. The van der Waals surface area contributed by atoms with Crippen molar-refractivity contribution in [1.82, 2.24) is 10.5 Å². The van der Waals surface area contributed by atoms with Gasteiger partial charge in [0.1, 0.15) is 0 Å². The minimum Gasteiger partial charge on any atom is -0.381 e. The zero-order valence-corrected chi connectivity index (χ0v) is 11.6. The highest BCUT2D eigenvalue weighted by Gasteiger charge is 2.26. The normalized spacial score (nSPS) is 20.4. The molecule has 0 atom stereocenters. The molecule has 1 N–H and O–H groups in total. The molecule has 2 heterocycles. The van der Waals surface area contributed by atoms with Gasteiger partial charge in [0.2, 0.25) is 5.91 Å². The molecule has 1 amide bonds. The molecule has 6 heteroatoms. The number of carbonyl (C=O) groups excluding carboxylic acids is 1. The molecular formula is C13H18N2O3S. The maximum Gasteiger partial charge on any atom is 0.249 e. The van der Waals surface area contributed by atoms with E-state index in [1.165, 1.54) is 17.8 Å². The molecule has 5 nitrogen and oxygen atoms in total. The van der Waals surface area contributed by atoms with Crippen LogP contribution in [-0.4, -0.2) is 30.2 Å². The summed E-state index contributed by atoms with van der Waals surface area (Å²) in [5.74, 6) is 0.527. The third kappa shape index (κ3) is 3.75. The molecule has 0 spiro atoms. The Balaban J connectivity index is 1.42. The van der Waals surface area contributed by atoms with E-state index < -0.39 is 0 Å². The summed E-state index contributed by atoms with van der Waals surface area (Å²) in [5, 5.41) is 3.15. The molecule has 1 saturated heterocycles. The molecule has 1 aliphatic heterocycles. The second-order valence-corrected chi connectivity index (χ2v) is 5.97. The van der Waals surface area contributed by atoms with Crippen molar-refractivity contribution < 1.29 is 14.4 Å². The smallest absolute Gasteiger partial charge is 0.249 e. The number of aromatic nitrogens is 1. The van der Waals surface area contributed by atoms with Crippen molar-refractivity contribution >= 4 is 17.2 Å². The summed E-state index contributed by atoms with van der Waals surface area (Å²) in [7, 11) is 0. The lowest BCUT2D eigenvalue weighted by atomic mass is 10.2. The van der Waals surface area contributed by atoms with Gasteiger partial charge >= 0.3 is 0 Å². The third-order valence-corrected chi connectivity index (χ3v) is 4.40. The van der Waals surface area contributed by atoms with Gasteiger partial charge in [0.15, 0.2) is 0 Å². The first-order chi connectivity index (χ1) is 9.31. The third-order valence-electron chi connectivity index (χ3n) is 3.35. The van der Waals surface area contributed by atoms with Gasteiger partial charge in [-0.1, -0.05) is 0 Å². The second kappa shape index (κ2) is 5.98. The predicted molar refractivity (Wildman–Crippen MR) is 70.9 cm³/mol. The molecule has 0 bridgehead atoms. The fraction of sp³-hybridized carbons (Fsp3) is 0.692. The highest BCUT2D eigenvalue weighted by molar-refractivity contribution is 7.09. The van der Waals surface area contributed by atoms with E-state index in [1.54, 1.807) is 11.3 Å². The van der Waals surface area contributed by atoms with Gasteiger partial charge in [-0.15, -0.1) is 11.3 Å². The first-order valence-electron chi connectivity index (χ1n) is 6.78. The number of hydrogen-bond acceptors (Lipinski definition) is 5. The lowest BCUT2D eigenvalue weighted by Gasteiger charge is -2.21. The Labute approximate surface area is 116 Å². The first-order valence-corrected chi connectivity index (χ1v) is 7.66. The van der Waals surface area contributed by atoms with Gasteiger partial charge in [-0.2, -0.15) is 0 Å². The van der Waals surface area contributed by atoms with Gasteiger partial charge in [0.05, 0.1) is 23.2 Å². The van der Waals surface area contributed by atoms with E-state index in [1.807, 2.05) is 5.38 Å². The number of hydroxylamine groups is 1. The Morgan fingerprint density at radius 2 is 2.21 bits per heavy atom. The number of hydrogen-bond donors (Lipinski definition) is 1. The van der Waals surface area contributed by atoms with Gasteiger partial charge < -0.3 is 4.74 Å². The summed E-state index contributed by atoms with van der Waals surface area (Å²) in [5.41, 5.74) is 3.37. The van der Waals surface area contributed by atoms with Crippen molar-refractivity contribution in [2.75, 3.05) is 13.2 Å². The van der Waals surface area contributed by atoms with Gasteiger partial charge in [-0.25, -0.2) is 10.5 Å². The number of amides is 1. The first kappa shape index (κ1) is 13.0. The largest absolute Gasteiger partial charge is 0.381 e. The minimum absolute atomic E-state index is 0.0789. The number of carbonyl (C=O) groups is 1. The van der Waals surface area contributed by atoms with Crippen molar-refractivity contribution in [1.29, 1.82) is 0 Å². The van der Waals surface area contributed by atoms with Gasteiger partial charge in [0, 0.05) is 24.5 Å². The van der Waals surface area contributed by atoms with Crippen molar-refractivity contribution in [3.05, 3.63) is 16.1 Å². The molecule has 1 aromatic rings. The highest BCUT2D eigenvalue weighted by Crippen LogP contribution is 2.41. The monoisotopic (exact) mass is 282 g/mol. The van der Waals surface area contributed by atoms with E-state index in [2.05, 4.69) is 10.5 Å². The maximum absolute atomic E-state index is 11.7. The van der Waals surface area contributed by atoms with Crippen LogP contribution in [-0.2, 0) is 20.8 Å². The topological polar surface area (TPSA) is 60.5 Å². The van der Waals surface area contributed by atoms with E-state index in [0.29, 0.717) is 25.6 Å². The average molecular weight is 282 g/mol. The van der Waals surface area contributed by atoms with Gasteiger partial charge in [0.25, 0.3) is 0 Å². The van der Waals surface area contributed by atoms with E-state index in [0.717, 1.165) is 18.5 Å². The second-order valence-electron chi connectivity index (χ2n) is 5.08. The van der Waals surface area contributed by atoms with E-state index in [4.69, 9.17) is 9.57 Å². The van der Waals surface area contributed by atoms with Crippen molar-refractivity contribution in [2.45, 2.75) is 44.1 Å². The molecule has 3 rings (SSSR count). The van der Waals surface area contributed by atoms with Crippen molar-refractivity contribution in [2.24, 2.45) is 0 Å². The van der Waals surface area contributed by atoms with Crippen LogP contribution in [0.3, 0.4) is 0 Å². The Morgan fingerprint density at radius 3 is 2.95 bits per heavy atom. The Bertz CT molecular complexity index is 439. The number of nitrogens with zero attached hydrogens (tertiary/aromatic N) is 1. The zero-order chi connectivity index (χ0) is 13.1. The summed E-state index contributed by atoms with van der Waals surface area (Å²) in [4.78, 5) is 21.6. The van der Waals surface area contributed by atoms with E-state index in [-0.39, 0.29) is 12.0 Å². The van der Waals surface area contributed by atoms with Crippen LogP contribution in [0.4, 0.5) is 0 Å². The predicted octanol–water partition coefficient (Wildman–Crippen LogP) is 1.79. The van der Waals surface area contributed by atoms with Crippen LogP contribution in [0.15, 0.2) is 5.38 Å². The lowest BCUT2D eigenvalue weighted by Crippen LogP contribution is -2.34. The standard InChI is InChI=1S/C13H18N2O3S/c16-12(15-18-11-3-5-17-6-4-11)7-10-8-19-13(14-10)9-1-2-9/h8-9,11H,1-7H2,(H,15,16). The Morgan fingerprint density at radius 1 is 1.42 bits per heavy atom. The van der Waals surface area contributed by atoms with Crippen LogP contribution < -0.4 is 5.48 Å². The van der Waals surface area contributed by atoms with Crippen LogP contribution in [0.1, 0.15) is 42.3 Å². The molecule has 0 unspecified atom stereocenters. The summed E-state index contributed by atoms with van der Waals surface area (Å²) in [6, 6.07) is 0. The quantitative estimate of drug-likeness (QED) is 0.836. The Hall–Kier alpha value is -0.980. The molecular weight excluding hydrogens is 264 g/mol. The summed E-state index contributed by atoms with van der Waals surface area (Å²) < 4.78 is 5.23. The van der Waals surface area contributed by atoms with Gasteiger partial charge in [-0.05, 0) is 25.7 Å². The van der Waals surface area contributed by atoms with Crippen LogP contribution in [0, 0.1) is 0 Å². The molecule has 1 aromatic heterocycles. The minimum atomic E-state index is -0.126. The Kier molecular flexibility index (Phi) is 4.10. The summed E-state index contributed by atoms with van der Waals surface area (Å²) >= 11 is 1.66. The number of nitrogens with one attached hydrogen (secondary N) is 1. The van der Waals surface area contributed by atoms with Crippen molar-refractivity contribution in [3.63, 3.8) is 0 Å². The number of ether oxygens (including phenoxy) is 1. The van der Waals surface area contributed by atoms with E-state index in [9.17, 15) is 4.79 Å². The summed E-state index contributed by atoms with van der Waals surface area (Å²) in [6.45, 7) is 1.41. The van der Waals surface area contributed by atoms with Gasteiger partial charge in [-0.3, -0.25) is 9.63 Å². The molecule has 104 valence electrons. The number of thiazole rings is 1. The molecule has 1 saturated carbocycles. The fourth-order valence-electron chi connectivity index (χ4n) is 2.07. The van der Waals surface area contributed by atoms with Crippen molar-refractivity contribution in [3.8, 4) is 0 Å². The SMILES string of the molecule is O=C(Cc1csc(C2CC2)n1)NOC1CCOCC1. The molecule has 0 aromatic carbocycles.